The summed E-state index contributed by atoms with van der Waals surface area (Å²) in [6.45, 7) is 2.82. The molecule has 1 aliphatic rings. The minimum Gasteiger partial charge on any atom is -0.357 e. The van der Waals surface area contributed by atoms with Crippen molar-refractivity contribution in [3.63, 3.8) is 0 Å². The first kappa shape index (κ1) is 7.40. The Hall–Kier alpha value is -1.25. The standard InChI is InChI=1S/C9H11N2O/c12-9(8-4-3-5-10-8)11-6-1-2-7-11/h3-6,10H,1-2,7H2. The molecule has 0 spiro atoms. The summed E-state index contributed by atoms with van der Waals surface area (Å²) in [5, 5.41) is 0. The maximum atomic E-state index is 11.6. The summed E-state index contributed by atoms with van der Waals surface area (Å²) in [5.41, 5.74) is 0.674. The molecule has 0 saturated carbocycles. The van der Waals surface area contributed by atoms with E-state index < -0.39 is 0 Å². The molecular formula is C9H11N2O. The number of carbonyl (C=O) groups excluding carboxylic acids is 1. The van der Waals surface area contributed by atoms with Crippen LogP contribution in [0.15, 0.2) is 18.3 Å². The highest BCUT2D eigenvalue weighted by molar-refractivity contribution is 5.93. The molecule has 63 valence electrons. The first-order valence-electron chi connectivity index (χ1n) is 4.15. The number of aromatic nitrogens is 1. The van der Waals surface area contributed by atoms with Crippen LogP contribution in [0.25, 0.3) is 0 Å². The number of nitrogens with zero attached hydrogens (tertiary/aromatic N) is 1. The van der Waals surface area contributed by atoms with Crippen molar-refractivity contribution in [3.05, 3.63) is 30.6 Å². The fourth-order valence-electron chi connectivity index (χ4n) is 1.40. The van der Waals surface area contributed by atoms with Crippen LogP contribution in [-0.4, -0.2) is 22.3 Å². The maximum absolute atomic E-state index is 11.6. The van der Waals surface area contributed by atoms with Crippen LogP contribution in [0.2, 0.25) is 0 Å². The van der Waals surface area contributed by atoms with E-state index in [0.29, 0.717) is 5.69 Å². The van der Waals surface area contributed by atoms with E-state index in [-0.39, 0.29) is 5.91 Å². The molecule has 0 unspecified atom stereocenters. The lowest BCUT2D eigenvalue weighted by molar-refractivity contribution is 0.0816. The second-order valence-corrected chi connectivity index (χ2v) is 2.91. The van der Waals surface area contributed by atoms with Crippen molar-refractivity contribution in [1.82, 2.24) is 9.88 Å². The van der Waals surface area contributed by atoms with Crippen LogP contribution in [0.3, 0.4) is 0 Å². The van der Waals surface area contributed by atoms with E-state index in [1.54, 1.807) is 17.2 Å². The first-order valence-corrected chi connectivity index (χ1v) is 4.15. The summed E-state index contributed by atoms with van der Waals surface area (Å²) >= 11 is 0. The van der Waals surface area contributed by atoms with Crippen LogP contribution in [-0.2, 0) is 0 Å². The van der Waals surface area contributed by atoms with Gasteiger partial charge in [0.2, 0.25) is 0 Å². The number of hydrogen-bond donors (Lipinski definition) is 1. The zero-order chi connectivity index (χ0) is 8.39. The van der Waals surface area contributed by atoms with Gasteiger partial charge in [-0.05, 0) is 25.0 Å². The van der Waals surface area contributed by atoms with Gasteiger partial charge < -0.3 is 9.88 Å². The Kier molecular flexibility index (Phi) is 1.86. The van der Waals surface area contributed by atoms with Gasteiger partial charge in [0.15, 0.2) is 0 Å². The van der Waals surface area contributed by atoms with Gasteiger partial charge in [0.1, 0.15) is 5.69 Å². The van der Waals surface area contributed by atoms with E-state index in [1.165, 1.54) is 0 Å². The lowest BCUT2D eigenvalue weighted by Crippen LogP contribution is -2.24. The van der Waals surface area contributed by atoms with E-state index in [2.05, 4.69) is 4.98 Å². The Morgan fingerprint density at radius 3 is 3.08 bits per heavy atom. The molecule has 3 nitrogen and oxygen atoms in total. The summed E-state index contributed by atoms with van der Waals surface area (Å²) in [5.74, 6) is 0.0810. The molecule has 1 aliphatic heterocycles. The molecule has 0 atom stereocenters. The van der Waals surface area contributed by atoms with E-state index in [9.17, 15) is 4.79 Å². The summed E-state index contributed by atoms with van der Waals surface area (Å²) in [4.78, 5) is 16.2. The number of hydrogen-bond acceptors (Lipinski definition) is 1. The number of likely N-dealkylation sites (tertiary alicyclic amines) is 1. The first-order chi connectivity index (χ1) is 5.88. The molecule has 0 aromatic carbocycles. The number of H-pyrrole nitrogens is 1. The fraction of sp³-hybridized carbons (Fsp3) is 0.333. The van der Waals surface area contributed by atoms with Crippen molar-refractivity contribution in [2.24, 2.45) is 0 Å². The third kappa shape index (κ3) is 1.22. The third-order valence-corrected chi connectivity index (χ3v) is 2.04. The van der Waals surface area contributed by atoms with Crippen molar-refractivity contribution in [2.45, 2.75) is 12.8 Å². The molecule has 1 aromatic heterocycles. The Balaban J connectivity index is 2.09. The van der Waals surface area contributed by atoms with Crippen LogP contribution < -0.4 is 0 Å². The number of rotatable bonds is 1. The molecule has 12 heavy (non-hydrogen) atoms. The van der Waals surface area contributed by atoms with Gasteiger partial charge in [0.25, 0.3) is 5.91 Å². The smallest absolute Gasteiger partial charge is 0.270 e. The number of amides is 1. The van der Waals surface area contributed by atoms with E-state index in [1.807, 2.05) is 12.6 Å². The highest BCUT2D eigenvalue weighted by Crippen LogP contribution is 2.14. The van der Waals surface area contributed by atoms with Gasteiger partial charge in [-0.3, -0.25) is 4.79 Å². The molecule has 1 N–H and O–H groups in total. The largest absolute Gasteiger partial charge is 0.357 e. The topological polar surface area (TPSA) is 36.1 Å². The van der Waals surface area contributed by atoms with Gasteiger partial charge in [0.05, 0.1) is 6.54 Å². The van der Waals surface area contributed by atoms with Crippen molar-refractivity contribution >= 4 is 5.91 Å². The van der Waals surface area contributed by atoms with Crippen molar-refractivity contribution in [3.8, 4) is 0 Å². The predicted molar refractivity (Wildman–Crippen MR) is 45.4 cm³/mol. The summed E-state index contributed by atoms with van der Waals surface area (Å²) in [6.07, 6.45) is 3.88. The normalized spacial score (nSPS) is 16.8. The van der Waals surface area contributed by atoms with Crippen LogP contribution in [0.1, 0.15) is 23.3 Å². The summed E-state index contributed by atoms with van der Waals surface area (Å²) < 4.78 is 0. The van der Waals surface area contributed by atoms with E-state index in [0.717, 1.165) is 19.4 Å². The van der Waals surface area contributed by atoms with Gasteiger partial charge in [-0.25, -0.2) is 0 Å². The Morgan fingerprint density at radius 1 is 1.58 bits per heavy atom. The Labute approximate surface area is 71.4 Å². The molecule has 1 fully saturated rings. The molecule has 0 aliphatic carbocycles. The highest BCUT2D eigenvalue weighted by Gasteiger charge is 2.19. The number of nitrogens with one attached hydrogen (secondary N) is 1. The fourth-order valence-corrected chi connectivity index (χ4v) is 1.40. The molecule has 1 radical (unpaired) electrons. The molecule has 1 aromatic rings. The number of aromatic amines is 1. The molecule has 1 amide bonds. The Bertz CT molecular complexity index is 260. The zero-order valence-electron chi connectivity index (χ0n) is 6.79. The second kappa shape index (κ2) is 3.01. The molecule has 0 bridgehead atoms. The van der Waals surface area contributed by atoms with Crippen LogP contribution in [0.4, 0.5) is 0 Å². The van der Waals surface area contributed by atoms with Crippen LogP contribution in [0, 0.1) is 6.54 Å². The van der Waals surface area contributed by atoms with Gasteiger partial charge in [-0.2, -0.15) is 0 Å². The minimum atomic E-state index is 0.0810. The summed E-state index contributed by atoms with van der Waals surface area (Å²) in [6, 6.07) is 3.64. The SMILES string of the molecule is O=C(c1ccc[nH]1)N1[CH]CCC1. The molecule has 3 heteroatoms. The lowest BCUT2D eigenvalue weighted by atomic mass is 10.4. The van der Waals surface area contributed by atoms with Gasteiger partial charge in [-0.15, -0.1) is 0 Å². The van der Waals surface area contributed by atoms with Crippen LogP contribution >= 0.6 is 0 Å². The highest BCUT2D eigenvalue weighted by atomic mass is 16.2. The van der Waals surface area contributed by atoms with Crippen molar-refractivity contribution in [2.75, 3.05) is 6.54 Å². The number of carbonyl (C=O) groups is 1. The monoisotopic (exact) mass is 163 g/mol. The maximum Gasteiger partial charge on any atom is 0.270 e. The molecule has 1 saturated heterocycles. The van der Waals surface area contributed by atoms with Crippen molar-refractivity contribution < 1.29 is 4.79 Å². The lowest BCUT2D eigenvalue weighted by Gasteiger charge is -2.12. The Morgan fingerprint density at radius 2 is 2.50 bits per heavy atom. The molecular weight excluding hydrogens is 152 g/mol. The van der Waals surface area contributed by atoms with Crippen LogP contribution in [0.5, 0.6) is 0 Å². The quantitative estimate of drug-likeness (QED) is 0.667. The summed E-state index contributed by atoms with van der Waals surface area (Å²) in [7, 11) is 0. The third-order valence-electron chi connectivity index (χ3n) is 2.04. The molecule has 2 rings (SSSR count). The van der Waals surface area contributed by atoms with Gasteiger partial charge >= 0.3 is 0 Å². The van der Waals surface area contributed by atoms with E-state index in [4.69, 9.17) is 0 Å². The van der Waals surface area contributed by atoms with Crippen molar-refractivity contribution in [1.29, 1.82) is 0 Å². The van der Waals surface area contributed by atoms with E-state index >= 15 is 0 Å². The average Bonchev–Trinajstić information content (AvgIpc) is 2.77. The zero-order valence-corrected chi connectivity index (χ0v) is 6.79. The second-order valence-electron chi connectivity index (χ2n) is 2.91. The minimum absolute atomic E-state index is 0.0810. The average molecular weight is 163 g/mol. The van der Waals surface area contributed by atoms with Gasteiger partial charge in [0, 0.05) is 12.7 Å². The molecule has 2 heterocycles. The van der Waals surface area contributed by atoms with Gasteiger partial charge in [-0.1, -0.05) is 0 Å². The predicted octanol–water partition coefficient (Wildman–Crippen LogP) is 1.41.